The molecule has 2 aliphatic rings. The topological polar surface area (TPSA) is 115 Å². The Balaban J connectivity index is 1.54. The summed E-state index contributed by atoms with van der Waals surface area (Å²) in [6.45, 7) is 1.42. The molecule has 0 unspecified atom stereocenters. The first kappa shape index (κ1) is 20.8. The van der Waals surface area contributed by atoms with E-state index in [1.807, 2.05) is 0 Å². The number of hydrogen-bond donors (Lipinski definition) is 0. The first-order valence-corrected chi connectivity index (χ1v) is 10.3. The Labute approximate surface area is 181 Å². The van der Waals surface area contributed by atoms with Crippen LogP contribution in [-0.2, 0) is 14.3 Å². The Hall–Kier alpha value is -3.44. The van der Waals surface area contributed by atoms with E-state index < -0.39 is 16.1 Å². The lowest BCUT2D eigenvalue weighted by molar-refractivity contribution is -0.384. The molecule has 10 nitrogen and oxygen atoms in total. The molecule has 11 heteroatoms. The van der Waals surface area contributed by atoms with Crippen molar-refractivity contribution in [2.45, 2.75) is 0 Å². The zero-order chi connectivity index (χ0) is 22.0. The smallest absolute Gasteiger partial charge is 0.294 e. The van der Waals surface area contributed by atoms with Gasteiger partial charge < -0.3 is 14.2 Å². The quantitative estimate of drug-likeness (QED) is 0.396. The highest BCUT2D eigenvalue weighted by atomic mass is 32.2. The van der Waals surface area contributed by atoms with Gasteiger partial charge in [-0.15, -0.1) is 0 Å². The molecule has 0 aliphatic carbocycles. The van der Waals surface area contributed by atoms with Gasteiger partial charge in [0.2, 0.25) is 5.91 Å². The second-order valence-corrected chi connectivity index (χ2v) is 7.83. The molecule has 2 aliphatic heterocycles. The predicted octanol–water partition coefficient (Wildman–Crippen LogP) is 2.28. The number of nitrogens with zero attached hydrogens (tertiary/aromatic N) is 4. The van der Waals surface area contributed by atoms with Crippen molar-refractivity contribution in [2.24, 2.45) is 0 Å². The third-order valence-corrected chi connectivity index (χ3v) is 5.82. The summed E-state index contributed by atoms with van der Waals surface area (Å²) >= 11 is 0.762. The number of thioether (sulfide) groups is 1. The molecule has 0 saturated carbocycles. The lowest BCUT2D eigenvalue weighted by atomic mass is 10.2. The zero-order valence-corrected chi connectivity index (χ0v) is 17.1. The fourth-order valence-electron chi connectivity index (χ4n) is 3.32. The minimum atomic E-state index is -0.539. The van der Waals surface area contributed by atoms with Gasteiger partial charge in [0.05, 0.1) is 28.7 Å². The van der Waals surface area contributed by atoms with Crippen LogP contribution in [0.4, 0.5) is 10.5 Å². The Morgan fingerprint density at radius 3 is 2.71 bits per heavy atom. The third kappa shape index (κ3) is 4.37. The maximum absolute atomic E-state index is 12.8. The molecule has 1 aromatic carbocycles. The summed E-state index contributed by atoms with van der Waals surface area (Å²) in [5, 5.41) is 10.6. The van der Waals surface area contributed by atoms with Gasteiger partial charge in [-0.05, 0) is 36.0 Å². The molecule has 3 amide bonds. The summed E-state index contributed by atoms with van der Waals surface area (Å²) in [7, 11) is 0. The van der Waals surface area contributed by atoms with Crippen LogP contribution in [0.15, 0.2) is 47.5 Å². The van der Waals surface area contributed by atoms with Crippen LogP contribution in [0.3, 0.4) is 0 Å². The molecular weight excluding hydrogens is 424 g/mol. The molecule has 3 heterocycles. The summed E-state index contributed by atoms with van der Waals surface area (Å²) < 4.78 is 6.89. The molecule has 0 bridgehead atoms. The average Bonchev–Trinajstić information content (AvgIpc) is 3.34. The van der Waals surface area contributed by atoms with Gasteiger partial charge in [-0.3, -0.25) is 29.4 Å². The molecule has 2 aromatic rings. The minimum Gasteiger partial charge on any atom is -0.378 e. The number of carbonyl (C=O) groups is 3. The number of amides is 3. The van der Waals surface area contributed by atoms with Crippen LogP contribution in [0.25, 0.3) is 11.8 Å². The number of imide groups is 1. The summed E-state index contributed by atoms with van der Waals surface area (Å²) in [5.41, 5.74) is 1.07. The Morgan fingerprint density at radius 1 is 1.19 bits per heavy atom. The normalized spacial score (nSPS) is 18.1. The predicted molar refractivity (Wildman–Crippen MR) is 112 cm³/mol. The average molecular weight is 442 g/mol. The van der Waals surface area contributed by atoms with Crippen molar-refractivity contribution in [3.05, 3.63) is 63.3 Å². The first-order chi connectivity index (χ1) is 14.9. The van der Waals surface area contributed by atoms with Crippen LogP contribution in [0.2, 0.25) is 0 Å². The second-order valence-electron chi connectivity index (χ2n) is 6.84. The SMILES string of the molecule is O=C(CN1C(=O)S/C(=C/c2cccn2-c2cccc([N+](=O)[O-])c2)C1=O)N1CCOCC1. The number of ether oxygens (including phenoxy) is 1. The van der Waals surface area contributed by atoms with E-state index in [4.69, 9.17) is 4.74 Å². The number of benzene rings is 1. The number of aromatic nitrogens is 1. The molecular formula is C20H18N4O6S. The number of carbonyl (C=O) groups excluding carboxylic acids is 3. The van der Waals surface area contributed by atoms with Gasteiger partial charge in [-0.25, -0.2) is 0 Å². The van der Waals surface area contributed by atoms with E-state index in [9.17, 15) is 24.5 Å². The highest BCUT2D eigenvalue weighted by Crippen LogP contribution is 2.33. The van der Waals surface area contributed by atoms with Crippen LogP contribution in [0.1, 0.15) is 5.69 Å². The summed E-state index contributed by atoms with van der Waals surface area (Å²) in [6.07, 6.45) is 3.25. The number of nitro groups is 1. The largest absolute Gasteiger partial charge is 0.378 e. The summed E-state index contributed by atoms with van der Waals surface area (Å²) in [6, 6.07) is 9.55. The fraction of sp³-hybridized carbons (Fsp3) is 0.250. The van der Waals surface area contributed by atoms with Gasteiger partial charge in [-0.1, -0.05) is 6.07 Å². The molecule has 0 N–H and O–H groups in total. The van der Waals surface area contributed by atoms with Crippen LogP contribution < -0.4 is 0 Å². The molecule has 4 rings (SSSR count). The molecule has 0 radical (unpaired) electrons. The van der Waals surface area contributed by atoms with E-state index in [1.54, 1.807) is 46.0 Å². The number of morpholine rings is 1. The molecule has 2 fully saturated rings. The van der Waals surface area contributed by atoms with Crippen LogP contribution in [-0.4, -0.2) is 69.2 Å². The zero-order valence-electron chi connectivity index (χ0n) is 16.3. The maximum atomic E-state index is 12.8. The van der Waals surface area contributed by atoms with Crippen molar-refractivity contribution >= 4 is 40.6 Å². The van der Waals surface area contributed by atoms with Crippen molar-refractivity contribution in [3.8, 4) is 5.69 Å². The fourth-order valence-corrected chi connectivity index (χ4v) is 4.14. The van der Waals surface area contributed by atoms with Crippen molar-refractivity contribution in [1.82, 2.24) is 14.4 Å². The highest BCUT2D eigenvalue weighted by molar-refractivity contribution is 8.18. The monoisotopic (exact) mass is 442 g/mol. The van der Waals surface area contributed by atoms with Crippen molar-refractivity contribution in [1.29, 1.82) is 0 Å². The number of rotatable bonds is 5. The summed E-state index contributed by atoms with van der Waals surface area (Å²) in [4.78, 5) is 50.8. The summed E-state index contributed by atoms with van der Waals surface area (Å²) in [5.74, 6) is -0.838. The standard InChI is InChI=1S/C20H18N4O6S/c25-18(21-7-9-30-10-8-21)13-23-19(26)17(31-20(23)27)12-15-5-2-6-22(15)14-3-1-4-16(11-14)24(28)29/h1-6,11-12H,7-10,13H2/b17-12+. The molecule has 2 saturated heterocycles. The van der Waals surface area contributed by atoms with E-state index in [2.05, 4.69) is 0 Å². The van der Waals surface area contributed by atoms with Crippen LogP contribution in [0.5, 0.6) is 0 Å². The Kier molecular flexibility index (Phi) is 5.87. The lowest BCUT2D eigenvalue weighted by Crippen LogP contribution is -2.46. The minimum absolute atomic E-state index is 0.0564. The third-order valence-electron chi connectivity index (χ3n) is 4.91. The second kappa shape index (κ2) is 8.74. The Bertz CT molecular complexity index is 1090. The van der Waals surface area contributed by atoms with Gasteiger partial charge in [0, 0.05) is 37.1 Å². The van der Waals surface area contributed by atoms with E-state index >= 15 is 0 Å². The van der Waals surface area contributed by atoms with Crippen LogP contribution >= 0.6 is 11.8 Å². The van der Waals surface area contributed by atoms with Crippen molar-refractivity contribution < 1.29 is 24.0 Å². The van der Waals surface area contributed by atoms with Gasteiger partial charge in [0.15, 0.2) is 0 Å². The Morgan fingerprint density at radius 2 is 1.97 bits per heavy atom. The lowest BCUT2D eigenvalue weighted by Gasteiger charge is -2.28. The van der Waals surface area contributed by atoms with Gasteiger partial charge in [0.1, 0.15) is 6.54 Å². The first-order valence-electron chi connectivity index (χ1n) is 9.47. The highest BCUT2D eigenvalue weighted by Gasteiger charge is 2.37. The van der Waals surface area contributed by atoms with Gasteiger partial charge in [0.25, 0.3) is 16.8 Å². The van der Waals surface area contributed by atoms with Crippen molar-refractivity contribution in [3.63, 3.8) is 0 Å². The van der Waals surface area contributed by atoms with Crippen LogP contribution in [0, 0.1) is 10.1 Å². The molecule has 31 heavy (non-hydrogen) atoms. The van der Waals surface area contributed by atoms with E-state index in [0.717, 1.165) is 16.7 Å². The molecule has 0 spiro atoms. The van der Waals surface area contributed by atoms with Gasteiger partial charge in [-0.2, -0.15) is 0 Å². The molecule has 1 aromatic heterocycles. The number of nitro benzene ring substituents is 1. The number of non-ortho nitro benzene ring substituents is 1. The van der Waals surface area contributed by atoms with Crippen molar-refractivity contribution in [2.75, 3.05) is 32.8 Å². The van der Waals surface area contributed by atoms with E-state index in [0.29, 0.717) is 37.7 Å². The maximum Gasteiger partial charge on any atom is 0.294 e. The molecule has 160 valence electrons. The van der Waals surface area contributed by atoms with E-state index in [1.165, 1.54) is 12.1 Å². The molecule has 0 atom stereocenters. The van der Waals surface area contributed by atoms with E-state index in [-0.39, 0.29) is 23.0 Å². The van der Waals surface area contributed by atoms with Gasteiger partial charge >= 0.3 is 0 Å². The number of hydrogen-bond acceptors (Lipinski definition) is 7.